The van der Waals surface area contributed by atoms with Crippen molar-refractivity contribution in [3.8, 4) is 12.3 Å². The highest BCUT2D eigenvalue weighted by atomic mass is 16.3. The molecule has 120 valence electrons. The normalized spacial score (nSPS) is 21.1. The third kappa shape index (κ3) is 5.35. The Hall–Kier alpha value is -1.52. The number of allylic oxidation sites excluding steroid dienone is 7. The third-order valence-corrected chi connectivity index (χ3v) is 4.62. The molecule has 1 N–H and O–H groups in total. The van der Waals surface area contributed by atoms with Gasteiger partial charge in [-0.05, 0) is 57.4 Å². The molecule has 1 atom stereocenters. The van der Waals surface area contributed by atoms with E-state index in [0.717, 1.165) is 12.0 Å². The molecule has 0 spiro atoms. The van der Waals surface area contributed by atoms with Crippen LogP contribution in [0.25, 0.3) is 0 Å². The molecule has 0 amide bonds. The van der Waals surface area contributed by atoms with Gasteiger partial charge < -0.3 is 5.11 Å². The first-order valence-electron chi connectivity index (χ1n) is 8.13. The van der Waals surface area contributed by atoms with Gasteiger partial charge in [-0.25, -0.2) is 0 Å². The van der Waals surface area contributed by atoms with Crippen LogP contribution in [0, 0.1) is 17.8 Å². The second-order valence-corrected chi connectivity index (χ2v) is 6.99. The number of aliphatic hydroxyl groups excluding tert-OH is 1. The van der Waals surface area contributed by atoms with Crippen LogP contribution in [0.15, 0.2) is 46.6 Å². The Kier molecular flexibility index (Phi) is 6.91. The van der Waals surface area contributed by atoms with Gasteiger partial charge in [0.15, 0.2) is 0 Å². The molecular weight excluding hydrogens is 268 g/mol. The third-order valence-electron chi connectivity index (χ3n) is 4.62. The number of rotatable bonds is 5. The molecule has 0 radical (unpaired) electrons. The van der Waals surface area contributed by atoms with Gasteiger partial charge >= 0.3 is 0 Å². The maximum Gasteiger partial charge on any atom is 0.136 e. The monoisotopic (exact) mass is 298 g/mol. The zero-order chi connectivity index (χ0) is 16.8. The molecule has 22 heavy (non-hydrogen) atoms. The standard InChI is InChI=1S/C21H30O/c1-7-20(22)18(4)11-8-10-16(2)13-14-19-17(3)12-9-15-21(19,5)6/h1,8,10-11,13,20,22H,9,12,14-15H2,2-6H3/b10-8+,16-13+,18-11+. The van der Waals surface area contributed by atoms with E-state index in [9.17, 15) is 5.11 Å². The molecule has 0 bridgehead atoms. The van der Waals surface area contributed by atoms with Crippen LogP contribution in [0.1, 0.15) is 60.3 Å². The topological polar surface area (TPSA) is 20.2 Å². The molecule has 0 aromatic heterocycles. The maximum absolute atomic E-state index is 9.49. The van der Waals surface area contributed by atoms with E-state index in [4.69, 9.17) is 6.42 Å². The van der Waals surface area contributed by atoms with Gasteiger partial charge in [-0.2, -0.15) is 0 Å². The van der Waals surface area contributed by atoms with Crippen LogP contribution in [0.4, 0.5) is 0 Å². The summed E-state index contributed by atoms with van der Waals surface area (Å²) in [4.78, 5) is 0. The SMILES string of the molecule is C#CC(O)/C(C)=C/C=C/C(C)=C/CC1=C(C)CCCC1(C)C. The average Bonchev–Trinajstić information content (AvgIpc) is 2.45. The largest absolute Gasteiger partial charge is 0.376 e. The van der Waals surface area contributed by atoms with Crippen LogP contribution in [0.3, 0.4) is 0 Å². The molecule has 1 nitrogen and oxygen atoms in total. The van der Waals surface area contributed by atoms with Crippen LogP contribution in [0.2, 0.25) is 0 Å². The summed E-state index contributed by atoms with van der Waals surface area (Å²) in [6, 6.07) is 0. The number of hydrogen-bond acceptors (Lipinski definition) is 1. The predicted molar refractivity (Wildman–Crippen MR) is 96.4 cm³/mol. The van der Waals surface area contributed by atoms with E-state index in [2.05, 4.69) is 45.8 Å². The molecule has 0 saturated carbocycles. The second kappa shape index (κ2) is 8.20. The van der Waals surface area contributed by atoms with Crippen molar-refractivity contribution in [2.75, 3.05) is 0 Å². The zero-order valence-electron chi connectivity index (χ0n) is 14.7. The molecule has 1 aliphatic rings. The van der Waals surface area contributed by atoms with Crippen molar-refractivity contribution in [3.63, 3.8) is 0 Å². The summed E-state index contributed by atoms with van der Waals surface area (Å²) < 4.78 is 0. The fraction of sp³-hybridized carbons (Fsp3) is 0.524. The number of aliphatic hydroxyl groups is 1. The van der Waals surface area contributed by atoms with Crippen molar-refractivity contribution in [1.29, 1.82) is 0 Å². The Bertz CT molecular complexity index is 547. The van der Waals surface area contributed by atoms with Gasteiger partial charge in [0.05, 0.1) is 0 Å². The molecule has 1 aliphatic carbocycles. The molecular formula is C21H30O. The molecule has 1 heteroatoms. The van der Waals surface area contributed by atoms with Crippen LogP contribution in [0.5, 0.6) is 0 Å². The Morgan fingerprint density at radius 2 is 2.09 bits per heavy atom. The lowest BCUT2D eigenvalue weighted by molar-refractivity contribution is 0.268. The summed E-state index contributed by atoms with van der Waals surface area (Å²) in [6.45, 7) is 11.0. The summed E-state index contributed by atoms with van der Waals surface area (Å²) in [7, 11) is 0. The average molecular weight is 298 g/mol. The molecule has 0 aliphatic heterocycles. The Morgan fingerprint density at radius 3 is 2.68 bits per heavy atom. The Balaban J connectivity index is 2.73. The highest BCUT2D eigenvalue weighted by Crippen LogP contribution is 2.41. The summed E-state index contributed by atoms with van der Waals surface area (Å²) in [5.41, 5.74) is 5.52. The van der Waals surface area contributed by atoms with Gasteiger partial charge in [0.2, 0.25) is 0 Å². The van der Waals surface area contributed by atoms with E-state index >= 15 is 0 Å². The summed E-state index contributed by atoms with van der Waals surface area (Å²) in [6.07, 6.45) is 17.5. The first-order valence-corrected chi connectivity index (χ1v) is 8.13. The minimum absolute atomic E-state index is 0.330. The van der Waals surface area contributed by atoms with Gasteiger partial charge in [0, 0.05) is 0 Å². The van der Waals surface area contributed by atoms with Crippen LogP contribution >= 0.6 is 0 Å². The van der Waals surface area contributed by atoms with E-state index in [-0.39, 0.29) is 0 Å². The van der Waals surface area contributed by atoms with E-state index in [0.29, 0.717) is 5.41 Å². The van der Waals surface area contributed by atoms with Crippen molar-refractivity contribution in [2.45, 2.75) is 66.4 Å². The van der Waals surface area contributed by atoms with Gasteiger partial charge in [0.1, 0.15) is 6.10 Å². The van der Waals surface area contributed by atoms with Gasteiger partial charge in [0.25, 0.3) is 0 Å². The highest BCUT2D eigenvalue weighted by molar-refractivity contribution is 5.29. The van der Waals surface area contributed by atoms with E-state index in [1.807, 2.05) is 19.1 Å². The second-order valence-electron chi connectivity index (χ2n) is 6.99. The minimum Gasteiger partial charge on any atom is -0.376 e. The van der Waals surface area contributed by atoms with Crippen molar-refractivity contribution < 1.29 is 5.11 Å². The van der Waals surface area contributed by atoms with E-state index < -0.39 is 6.10 Å². The molecule has 0 aromatic carbocycles. The molecule has 1 rings (SSSR count). The fourth-order valence-electron chi connectivity index (χ4n) is 3.03. The molecule has 0 saturated heterocycles. The number of terminal acetylenes is 1. The van der Waals surface area contributed by atoms with Gasteiger partial charge in [-0.15, -0.1) is 6.42 Å². The quantitative estimate of drug-likeness (QED) is 0.412. The summed E-state index contributed by atoms with van der Waals surface area (Å²) >= 11 is 0. The van der Waals surface area contributed by atoms with Gasteiger partial charge in [-0.1, -0.05) is 60.8 Å². The lowest BCUT2D eigenvalue weighted by atomic mass is 9.71. The van der Waals surface area contributed by atoms with Crippen LogP contribution in [-0.2, 0) is 0 Å². The molecule has 0 aromatic rings. The Labute approximate surface area is 136 Å². The lowest BCUT2D eigenvalue weighted by Gasteiger charge is -2.34. The van der Waals surface area contributed by atoms with E-state index in [1.165, 1.54) is 24.8 Å². The van der Waals surface area contributed by atoms with Crippen LogP contribution < -0.4 is 0 Å². The summed E-state index contributed by atoms with van der Waals surface area (Å²) in [5, 5.41) is 9.49. The predicted octanol–water partition coefficient (Wildman–Crippen LogP) is 5.35. The highest BCUT2D eigenvalue weighted by Gasteiger charge is 2.27. The van der Waals surface area contributed by atoms with Crippen molar-refractivity contribution in [2.24, 2.45) is 5.41 Å². The lowest BCUT2D eigenvalue weighted by Crippen LogP contribution is -2.20. The molecule has 0 heterocycles. The smallest absolute Gasteiger partial charge is 0.136 e. The minimum atomic E-state index is -0.787. The van der Waals surface area contributed by atoms with Gasteiger partial charge in [-0.3, -0.25) is 0 Å². The number of hydrogen-bond donors (Lipinski definition) is 1. The Morgan fingerprint density at radius 1 is 1.41 bits per heavy atom. The fourth-order valence-corrected chi connectivity index (χ4v) is 3.03. The summed E-state index contributed by atoms with van der Waals surface area (Å²) in [5.74, 6) is 2.32. The first kappa shape index (κ1) is 18.5. The van der Waals surface area contributed by atoms with Crippen molar-refractivity contribution in [3.05, 3.63) is 46.6 Å². The van der Waals surface area contributed by atoms with E-state index in [1.54, 1.807) is 11.1 Å². The van der Waals surface area contributed by atoms with Crippen LogP contribution in [-0.4, -0.2) is 11.2 Å². The van der Waals surface area contributed by atoms with Crippen molar-refractivity contribution >= 4 is 0 Å². The zero-order valence-corrected chi connectivity index (χ0v) is 14.7. The first-order chi connectivity index (χ1) is 10.3. The maximum atomic E-state index is 9.49. The van der Waals surface area contributed by atoms with Crippen molar-refractivity contribution in [1.82, 2.24) is 0 Å². The molecule has 0 fully saturated rings. The molecule has 1 unspecified atom stereocenters.